The van der Waals surface area contributed by atoms with Crippen molar-refractivity contribution in [3.05, 3.63) is 94.7 Å². The van der Waals surface area contributed by atoms with Crippen LogP contribution in [0.5, 0.6) is 0 Å². The van der Waals surface area contributed by atoms with Crippen molar-refractivity contribution in [2.45, 2.75) is 25.7 Å². The zero-order valence-corrected chi connectivity index (χ0v) is 26.2. The number of carbonyl (C=O) groups excluding carboxylic acids is 1. The van der Waals surface area contributed by atoms with Crippen LogP contribution < -0.4 is 15.1 Å². The highest BCUT2D eigenvalue weighted by Gasteiger charge is 2.48. The number of para-hydroxylation sites is 1. The van der Waals surface area contributed by atoms with Crippen molar-refractivity contribution in [3.8, 4) is 11.1 Å². The number of carbonyl (C=O) groups is 1. The van der Waals surface area contributed by atoms with E-state index in [4.69, 9.17) is 11.6 Å². The van der Waals surface area contributed by atoms with Gasteiger partial charge in [-0.3, -0.25) is 4.79 Å². The molecule has 2 aromatic carbocycles. The van der Waals surface area contributed by atoms with Gasteiger partial charge in [0.25, 0.3) is 5.91 Å². The van der Waals surface area contributed by atoms with Crippen LogP contribution in [0.1, 0.15) is 29.3 Å². The number of rotatable bonds is 5. The van der Waals surface area contributed by atoms with E-state index in [0.717, 1.165) is 23.3 Å². The molecule has 0 saturated carbocycles. The number of amides is 1. The summed E-state index contributed by atoms with van der Waals surface area (Å²) in [7, 11) is 0. The fraction of sp³-hybridized carbons (Fsp3) is 0.353. The van der Waals surface area contributed by atoms with Crippen molar-refractivity contribution < 1.29 is 31.1 Å². The molecule has 1 N–H and O–H groups in total. The summed E-state index contributed by atoms with van der Waals surface area (Å²) in [4.78, 5) is 23.0. The van der Waals surface area contributed by atoms with Gasteiger partial charge in [-0.2, -0.15) is 26.3 Å². The molecular formula is C34H32ClF6N5O. The van der Waals surface area contributed by atoms with Crippen LogP contribution in [0.25, 0.3) is 11.1 Å². The van der Waals surface area contributed by atoms with Gasteiger partial charge in [-0.1, -0.05) is 48.9 Å². The molecule has 3 aliphatic rings. The molecule has 2 aliphatic heterocycles. The highest BCUT2D eigenvalue weighted by molar-refractivity contribution is 6.29. The van der Waals surface area contributed by atoms with Gasteiger partial charge in [0.15, 0.2) is 0 Å². The second kappa shape index (κ2) is 12.4. The first-order valence-corrected chi connectivity index (χ1v) is 15.5. The van der Waals surface area contributed by atoms with E-state index >= 15 is 0 Å². The second-order valence-corrected chi connectivity index (χ2v) is 12.7. The number of aromatic nitrogens is 1. The normalized spacial score (nSPS) is 20.3. The van der Waals surface area contributed by atoms with Crippen LogP contribution in [-0.4, -0.2) is 67.8 Å². The van der Waals surface area contributed by atoms with Gasteiger partial charge in [0.1, 0.15) is 5.82 Å². The quantitative estimate of drug-likeness (QED) is 0.278. The van der Waals surface area contributed by atoms with Gasteiger partial charge in [0, 0.05) is 84.8 Å². The lowest BCUT2D eigenvalue weighted by molar-refractivity contribution is -0.137. The van der Waals surface area contributed by atoms with Crippen LogP contribution in [0, 0.1) is 5.41 Å². The standard InChI is InChI=1S/C34H32ClF6N5O/c1-32(19-25(35)10-11-29(32)34(39,40)41)21-46-13-12-42-30-28(46)18-24(20-43-30)22-6-8-23(9-7-22)31(47)45-16-14-44(15-17-45)27-5-3-2-4-26(27)33(36,37)38/h2-11,18,20H,12-17,19,21H2,1H3,(H,42,43). The number of alkyl halides is 6. The summed E-state index contributed by atoms with van der Waals surface area (Å²) < 4.78 is 82.5. The number of nitrogens with one attached hydrogen (secondary N) is 1. The van der Waals surface area contributed by atoms with Gasteiger partial charge in [0.05, 0.1) is 11.3 Å². The molecule has 1 aliphatic carbocycles. The molecule has 47 heavy (non-hydrogen) atoms. The summed E-state index contributed by atoms with van der Waals surface area (Å²) in [6.45, 7) is 3.74. The monoisotopic (exact) mass is 675 g/mol. The molecule has 248 valence electrons. The average molecular weight is 676 g/mol. The van der Waals surface area contributed by atoms with Crippen molar-refractivity contribution in [1.82, 2.24) is 9.88 Å². The molecule has 13 heteroatoms. The number of pyridine rings is 1. The van der Waals surface area contributed by atoms with E-state index in [2.05, 4.69) is 10.3 Å². The molecule has 1 unspecified atom stereocenters. The highest BCUT2D eigenvalue weighted by atomic mass is 35.5. The Morgan fingerprint density at radius 3 is 2.28 bits per heavy atom. The van der Waals surface area contributed by atoms with E-state index in [0.29, 0.717) is 35.2 Å². The van der Waals surface area contributed by atoms with E-state index in [-0.39, 0.29) is 50.7 Å². The fourth-order valence-electron chi connectivity index (χ4n) is 6.61. The molecule has 3 heterocycles. The lowest BCUT2D eigenvalue weighted by atomic mass is 9.75. The third-order valence-electron chi connectivity index (χ3n) is 8.95. The molecule has 6 rings (SSSR count). The van der Waals surface area contributed by atoms with Crippen molar-refractivity contribution in [1.29, 1.82) is 0 Å². The summed E-state index contributed by atoms with van der Waals surface area (Å²) in [5.74, 6) is 0.351. The molecule has 1 aromatic heterocycles. The Morgan fingerprint density at radius 2 is 1.60 bits per heavy atom. The lowest BCUT2D eigenvalue weighted by Crippen LogP contribution is -2.49. The Kier molecular flexibility index (Phi) is 8.67. The van der Waals surface area contributed by atoms with E-state index in [1.165, 1.54) is 18.2 Å². The number of hydrogen-bond acceptors (Lipinski definition) is 5. The van der Waals surface area contributed by atoms with Crippen LogP contribution in [0.3, 0.4) is 0 Å². The molecule has 3 aromatic rings. The number of fused-ring (bicyclic) bond motifs is 1. The van der Waals surface area contributed by atoms with Crippen molar-refractivity contribution in [2.75, 3.05) is 60.9 Å². The maximum atomic E-state index is 14.0. The minimum Gasteiger partial charge on any atom is -0.367 e. The molecule has 1 atom stereocenters. The Labute approximate surface area is 273 Å². The number of piperazine rings is 1. The summed E-state index contributed by atoms with van der Waals surface area (Å²) in [6, 6.07) is 14.3. The average Bonchev–Trinajstić information content (AvgIpc) is 3.03. The SMILES string of the molecule is CC1(CN2CCNc3ncc(-c4ccc(C(=O)N5CCN(c6ccccc6C(F)(F)F)CC5)cc4)cc32)CC(Cl)=CC=C1C(F)(F)F. The topological polar surface area (TPSA) is 51.7 Å². The van der Waals surface area contributed by atoms with E-state index < -0.39 is 28.9 Å². The smallest absolute Gasteiger partial charge is 0.367 e. The highest BCUT2D eigenvalue weighted by Crippen LogP contribution is 2.48. The molecule has 0 bridgehead atoms. The molecule has 1 saturated heterocycles. The Bertz CT molecular complexity index is 1710. The van der Waals surface area contributed by atoms with Crippen LogP contribution in [0.2, 0.25) is 0 Å². The first kappa shape index (κ1) is 32.7. The zero-order chi connectivity index (χ0) is 33.6. The molecule has 0 spiro atoms. The Hall–Kier alpha value is -4.19. The van der Waals surface area contributed by atoms with E-state index in [1.807, 2.05) is 11.0 Å². The number of allylic oxidation sites excluding steroid dienone is 3. The predicted molar refractivity (Wildman–Crippen MR) is 171 cm³/mol. The minimum absolute atomic E-state index is 0.0671. The van der Waals surface area contributed by atoms with Gasteiger partial charge in [-0.05, 0) is 48.4 Å². The first-order chi connectivity index (χ1) is 22.2. The van der Waals surface area contributed by atoms with E-state index in [9.17, 15) is 31.1 Å². The van der Waals surface area contributed by atoms with Crippen molar-refractivity contribution >= 4 is 34.7 Å². The van der Waals surface area contributed by atoms with Gasteiger partial charge < -0.3 is 20.0 Å². The van der Waals surface area contributed by atoms with E-state index in [1.54, 1.807) is 53.3 Å². The number of nitrogens with zero attached hydrogens (tertiary/aromatic N) is 4. The Morgan fingerprint density at radius 1 is 0.894 bits per heavy atom. The van der Waals surface area contributed by atoms with Crippen LogP contribution in [-0.2, 0) is 6.18 Å². The van der Waals surface area contributed by atoms with Crippen LogP contribution in [0.15, 0.2) is 83.6 Å². The first-order valence-electron chi connectivity index (χ1n) is 15.2. The fourth-order valence-corrected chi connectivity index (χ4v) is 6.97. The van der Waals surface area contributed by atoms with Gasteiger partial charge in [-0.15, -0.1) is 0 Å². The van der Waals surface area contributed by atoms with Crippen molar-refractivity contribution in [3.63, 3.8) is 0 Å². The molecule has 0 radical (unpaired) electrons. The maximum Gasteiger partial charge on any atom is 0.418 e. The van der Waals surface area contributed by atoms with Gasteiger partial charge in [0.2, 0.25) is 0 Å². The third-order valence-corrected chi connectivity index (χ3v) is 9.21. The number of anilines is 3. The van der Waals surface area contributed by atoms with Gasteiger partial charge in [-0.25, -0.2) is 4.98 Å². The van der Waals surface area contributed by atoms with Crippen molar-refractivity contribution in [2.24, 2.45) is 5.41 Å². The van der Waals surface area contributed by atoms with Gasteiger partial charge >= 0.3 is 12.4 Å². The summed E-state index contributed by atoms with van der Waals surface area (Å²) in [5, 5.41) is 3.59. The third kappa shape index (κ3) is 6.79. The minimum atomic E-state index is -4.49. The number of hydrogen-bond donors (Lipinski definition) is 1. The molecule has 1 fully saturated rings. The predicted octanol–water partition coefficient (Wildman–Crippen LogP) is 7.98. The Balaban J connectivity index is 1.15. The molecular weight excluding hydrogens is 644 g/mol. The summed E-state index contributed by atoms with van der Waals surface area (Å²) >= 11 is 6.22. The lowest BCUT2D eigenvalue weighted by Gasteiger charge is -2.42. The van der Waals surface area contributed by atoms with Crippen LogP contribution in [0.4, 0.5) is 43.5 Å². The molecule has 1 amide bonds. The zero-order valence-electron chi connectivity index (χ0n) is 25.4. The summed E-state index contributed by atoms with van der Waals surface area (Å²) in [5.41, 5.74) is 0.137. The second-order valence-electron chi connectivity index (χ2n) is 12.2. The number of benzene rings is 2. The molecule has 6 nitrogen and oxygen atoms in total. The maximum absolute atomic E-state index is 14.0. The number of halogens is 7. The van der Waals surface area contributed by atoms with Crippen LogP contribution >= 0.6 is 11.6 Å². The summed E-state index contributed by atoms with van der Waals surface area (Å²) in [6.07, 6.45) is -4.85. The largest absolute Gasteiger partial charge is 0.418 e.